The summed E-state index contributed by atoms with van der Waals surface area (Å²) < 4.78 is 0. The number of primary amides is 1. The molecule has 10 heteroatoms. The van der Waals surface area contributed by atoms with Gasteiger partial charge in [-0.3, -0.25) is 25.5 Å². The van der Waals surface area contributed by atoms with Gasteiger partial charge in [-0.05, 0) is 30.7 Å². The number of hydrogen-bond donors (Lipinski definition) is 5. The lowest BCUT2D eigenvalue weighted by atomic mass is 10.2. The quantitative estimate of drug-likeness (QED) is 0.223. The van der Waals surface area contributed by atoms with Crippen molar-refractivity contribution in [2.75, 3.05) is 11.4 Å². The summed E-state index contributed by atoms with van der Waals surface area (Å²) in [7, 11) is 0. The lowest BCUT2D eigenvalue weighted by molar-refractivity contribution is -0.111. The number of phenols is 1. The Balaban J connectivity index is 2.40. The van der Waals surface area contributed by atoms with E-state index in [1.165, 1.54) is 12.1 Å². The lowest BCUT2D eigenvalue weighted by Gasteiger charge is -2.39. The van der Waals surface area contributed by atoms with Crippen molar-refractivity contribution in [2.24, 2.45) is 16.5 Å². The highest BCUT2D eigenvalue weighted by Crippen LogP contribution is 2.23. The molecule has 2 rings (SSSR count). The molecule has 1 aliphatic rings. The molecule has 2 unspecified atom stereocenters. The van der Waals surface area contributed by atoms with Crippen molar-refractivity contribution >= 4 is 40.7 Å². The number of rotatable bonds is 5. The van der Waals surface area contributed by atoms with Crippen LogP contribution in [0.25, 0.3) is 0 Å². The lowest BCUT2D eigenvalue weighted by Crippen LogP contribution is -2.63. The number of benzene rings is 1. The van der Waals surface area contributed by atoms with Crippen LogP contribution in [0.15, 0.2) is 29.3 Å². The number of nitrogens with one attached hydrogen (secondary N) is 2. The summed E-state index contributed by atoms with van der Waals surface area (Å²) in [6.07, 6.45) is 0.666. The number of carbonyl (C=O) groups excluding carboxylic acids is 1. The minimum absolute atomic E-state index is 0.0992. The number of amides is 1. The Morgan fingerprint density at radius 2 is 2.04 bits per heavy atom. The van der Waals surface area contributed by atoms with E-state index in [1.54, 1.807) is 17.0 Å². The van der Waals surface area contributed by atoms with Gasteiger partial charge < -0.3 is 21.5 Å². The fourth-order valence-electron chi connectivity index (χ4n) is 2.51. The number of hydrogen-bond acceptors (Lipinski definition) is 6. The number of phenolic OH excluding ortho intramolecular Hbond substituents is 1. The summed E-state index contributed by atoms with van der Waals surface area (Å²) in [6, 6.07) is 6.31. The highest BCUT2D eigenvalue weighted by molar-refractivity contribution is 6.67. The van der Waals surface area contributed by atoms with Gasteiger partial charge in [0.25, 0.3) is 5.91 Å². The van der Waals surface area contributed by atoms with E-state index in [9.17, 15) is 9.90 Å². The zero-order valence-electron chi connectivity index (χ0n) is 14.3. The summed E-state index contributed by atoms with van der Waals surface area (Å²) in [5.74, 6) is -1.30. The molecule has 0 aromatic heterocycles. The second-order valence-corrected chi connectivity index (χ2v) is 6.22. The zero-order chi connectivity index (χ0) is 19.4. The van der Waals surface area contributed by atoms with Crippen molar-refractivity contribution in [3.05, 3.63) is 24.3 Å². The Labute approximate surface area is 156 Å². The second kappa shape index (κ2) is 8.15. The molecule has 0 spiro atoms. The minimum Gasteiger partial charge on any atom is -0.508 e. The van der Waals surface area contributed by atoms with Gasteiger partial charge in [0.15, 0.2) is 17.0 Å². The summed E-state index contributed by atoms with van der Waals surface area (Å²) in [4.78, 5) is 18.2. The highest BCUT2D eigenvalue weighted by Gasteiger charge is 2.38. The van der Waals surface area contributed by atoms with Crippen LogP contribution in [0.2, 0.25) is 0 Å². The molecule has 9 nitrogen and oxygen atoms in total. The SMILES string of the molecule is CCCCN(C(=N)N1C(=N)C(C(N)=O)=NC(Cl)C1N)c1ccc(O)cc1. The summed E-state index contributed by atoms with van der Waals surface area (Å²) in [5, 5.41) is 26.3. The average Bonchev–Trinajstić information content (AvgIpc) is 2.59. The van der Waals surface area contributed by atoms with E-state index in [0.29, 0.717) is 12.2 Å². The van der Waals surface area contributed by atoms with Gasteiger partial charge in [0.05, 0.1) is 0 Å². The summed E-state index contributed by atoms with van der Waals surface area (Å²) >= 11 is 6.08. The van der Waals surface area contributed by atoms with E-state index in [0.717, 1.165) is 17.7 Å². The Morgan fingerprint density at radius 1 is 1.42 bits per heavy atom. The summed E-state index contributed by atoms with van der Waals surface area (Å²) in [5.41, 5.74) is 10.6. The standard InChI is InChI=1S/C16H22ClN7O2/c1-2-3-8-23(9-4-6-10(25)7-5-9)16(21)24-13(18)11(15(20)26)22-12(17)14(24)19/h4-7,12,14,18,21,25H,2-3,8,19H2,1H3,(H2,20,26). The predicted octanol–water partition coefficient (Wildman–Crippen LogP) is 1.00. The van der Waals surface area contributed by atoms with Crippen LogP contribution in [0.1, 0.15) is 19.8 Å². The number of halogens is 1. The van der Waals surface area contributed by atoms with Crippen LogP contribution >= 0.6 is 11.6 Å². The average molecular weight is 380 g/mol. The molecule has 1 amide bonds. The van der Waals surface area contributed by atoms with E-state index in [2.05, 4.69) is 4.99 Å². The van der Waals surface area contributed by atoms with E-state index in [-0.39, 0.29) is 23.3 Å². The van der Waals surface area contributed by atoms with Crippen LogP contribution in [0.3, 0.4) is 0 Å². The molecule has 0 saturated carbocycles. The third-order valence-corrected chi connectivity index (χ3v) is 4.27. The molecule has 2 atom stereocenters. The Kier molecular flexibility index (Phi) is 6.17. The van der Waals surface area contributed by atoms with E-state index in [1.807, 2.05) is 6.92 Å². The second-order valence-electron chi connectivity index (χ2n) is 5.77. The smallest absolute Gasteiger partial charge is 0.270 e. The van der Waals surface area contributed by atoms with Gasteiger partial charge in [0.1, 0.15) is 11.9 Å². The van der Waals surface area contributed by atoms with Crippen LogP contribution in [0.5, 0.6) is 5.75 Å². The number of amidine groups is 1. The van der Waals surface area contributed by atoms with Gasteiger partial charge in [0.2, 0.25) is 5.96 Å². The topological polar surface area (TPSA) is 156 Å². The Bertz CT molecular complexity index is 735. The fraction of sp³-hybridized carbons (Fsp3) is 0.375. The molecule has 0 radical (unpaired) electrons. The molecule has 7 N–H and O–H groups in total. The third-order valence-electron chi connectivity index (χ3n) is 3.91. The van der Waals surface area contributed by atoms with Crippen molar-refractivity contribution in [3.8, 4) is 5.75 Å². The first kappa shape index (κ1) is 19.7. The van der Waals surface area contributed by atoms with Crippen molar-refractivity contribution in [3.63, 3.8) is 0 Å². The maximum atomic E-state index is 11.5. The molecule has 1 aliphatic heterocycles. The number of aromatic hydroxyl groups is 1. The van der Waals surface area contributed by atoms with E-state index >= 15 is 0 Å². The molecule has 26 heavy (non-hydrogen) atoms. The zero-order valence-corrected chi connectivity index (χ0v) is 15.1. The maximum absolute atomic E-state index is 11.5. The van der Waals surface area contributed by atoms with Gasteiger partial charge in [-0.1, -0.05) is 24.9 Å². The van der Waals surface area contributed by atoms with Gasteiger partial charge in [-0.25, -0.2) is 0 Å². The van der Waals surface area contributed by atoms with Crippen molar-refractivity contribution in [1.29, 1.82) is 10.8 Å². The third kappa shape index (κ3) is 3.94. The van der Waals surface area contributed by atoms with Crippen LogP contribution in [0.4, 0.5) is 5.69 Å². The van der Waals surface area contributed by atoms with E-state index < -0.39 is 17.6 Å². The van der Waals surface area contributed by atoms with Crippen molar-refractivity contribution in [1.82, 2.24) is 4.90 Å². The molecule has 0 fully saturated rings. The van der Waals surface area contributed by atoms with Gasteiger partial charge >= 0.3 is 0 Å². The summed E-state index contributed by atoms with van der Waals surface area (Å²) in [6.45, 7) is 2.49. The minimum atomic E-state index is -1.03. The van der Waals surface area contributed by atoms with Gasteiger partial charge in [-0.2, -0.15) is 0 Å². The maximum Gasteiger partial charge on any atom is 0.270 e. The normalized spacial score (nSPS) is 19.9. The first-order chi connectivity index (χ1) is 12.3. The number of aliphatic imine (C=N–C) groups is 1. The largest absolute Gasteiger partial charge is 0.508 e. The Hall–Kier alpha value is -2.65. The molecule has 0 bridgehead atoms. The molecule has 0 aliphatic carbocycles. The number of alkyl halides is 1. The molecule has 1 aromatic rings. The van der Waals surface area contributed by atoms with Crippen molar-refractivity contribution in [2.45, 2.75) is 31.4 Å². The number of nitrogens with zero attached hydrogens (tertiary/aromatic N) is 3. The number of anilines is 1. The van der Waals surface area contributed by atoms with Crippen LogP contribution in [-0.4, -0.2) is 51.6 Å². The number of carbonyl (C=O) groups is 1. The monoisotopic (exact) mass is 379 g/mol. The fourth-order valence-corrected chi connectivity index (χ4v) is 2.72. The molecular weight excluding hydrogens is 358 g/mol. The molecule has 1 heterocycles. The van der Waals surface area contributed by atoms with Crippen LogP contribution in [-0.2, 0) is 4.79 Å². The molecule has 0 saturated heterocycles. The van der Waals surface area contributed by atoms with Gasteiger partial charge in [0, 0.05) is 12.2 Å². The molecule has 140 valence electrons. The van der Waals surface area contributed by atoms with E-state index in [4.69, 9.17) is 33.9 Å². The first-order valence-electron chi connectivity index (χ1n) is 8.08. The van der Waals surface area contributed by atoms with Gasteiger partial charge in [-0.15, -0.1) is 0 Å². The van der Waals surface area contributed by atoms with Crippen molar-refractivity contribution < 1.29 is 9.90 Å². The number of unbranched alkanes of at least 4 members (excludes halogenated alkanes) is 1. The first-order valence-corrected chi connectivity index (χ1v) is 8.52. The number of guanidine groups is 1. The Morgan fingerprint density at radius 3 is 2.58 bits per heavy atom. The van der Waals surface area contributed by atoms with Crippen LogP contribution < -0.4 is 16.4 Å². The number of nitrogens with two attached hydrogens (primary N) is 2. The molecule has 1 aromatic carbocycles. The molecular formula is C16H22ClN7O2. The highest BCUT2D eigenvalue weighted by atomic mass is 35.5. The predicted molar refractivity (Wildman–Crippen MR) is 102 cm³/mol. The van der Waals surface area contributed by atoms with Crippen LogP contribution in [0, 0.1) is 10.8 Å².